The number of hydrogen-bond acceptors (Lipinski definition) is 4. The Morgan fingerprint density at radius 3 is 2.83 bits per heavy atom. The molecule has 0 N–H and O–H groups in total. The molecule has 0 saturated heterocycles. The predicted molar refractivity (Wildman–Crippen MR) is 117 cm³/mol. The lowest BCUT2D eigenvalue weighted by Gasteiger charge is -2.07. The monoisotopic (exact) mass is 413 g/mol. The Labute approximate surface area is 175 Å². The summed E-state index contributed by atoms with van der Waals surface area (Å²) in [6, 6.07) is 17.3. The molecule has 0 spiro atoms. The van der Waals surface area contributed by atoms with Gasteiger partial charge in [0, 0.05) is 56.6 Å². The van der Waals surface area contributed by atoms with Gasteiger partial charge in [-0.2, -0.15) is 4.39 Å². The zero-order valence-electron chi connectivity index (χ0n) is 15.8. The molecule has 0 aliphatic heterocycles. The minimum atomic E-state index is -0.528. The Balaban J connectivity index is 1.40. The second-order valence-electron chi connectivity index (χ2n) is 7.62. The molecule has 4 nitrogen and oxygen atoms in total. The van der Waals surface area contributed by atoms with E-state index in [1.54, 1.807) is 6.07 Å². The fourth-order valence-electron chi connectivity index (χ4n) is 4.16. The summed E-state index contributed by atoms with van der Waals surface area (Å²) in [6.07, 6.45) is 4.26. The minimum Gasteiger partial charge on any atom is -0.311 e. The highest BCUT2D eigenvalue weighted by atomic mass is 32.1. The summed E-state index contributed by atoms with van der Waals surface area (Å²) >= 11 is 1.52. The van der Waals surface area contributed by atoms with Gasteiger partial charge in [-0.25, -0.2) is 4.98 Å². The van der Waals surface area contributed by atoms with Crippen molar-refractivity contribution < 1.29 is 4.39 Å². The minimum absolute atomic E-state index is 0.0126. The molecule has 5 aromatic rings. The normalized spacial score (nSPS) is 18.2. The van der Waals surface area contributed by atoms with Crippen LogP contribution in [0.1, 0.15) is 24.1 Å². The first-order chi connectivity index (χ1) is 14.7. The Morgan fingerprint density at radius 1 is 1.07 bits per heavy atom. The molecule has 6 heteroatoms. The van der Waals surface area contributed by atoms with Gasteiger partial charge in [-0.1, -0.05) is 24.3 Å². The predicted octanol–water partition coefficient (Wildman–Crippen LogP) is 5.54. The lowest BCUT2D eigenvalue weighted by molar-refractivity contribution is 0.584. The molecule has 2 unspecified atom stereocenters. The maximum atomic E-state index is 13.4. The quantitative estimate of drug-likeness (QED) is 0.365. The third-order valence-electron chi connectivity index (χ3n) is 5.81. The SMILES string of the molecule is O=c1c2c(-c3ccc(F)nc3)csc2ccn1C1CC1c1ccc2ccccc2n1. The van der Waals surface area contributed by atoms with E-state index in [0.717, 1.165) is 38.8 Å². The van der Waals surface area contributed by atoms with Gasteiger partial charge in [-0.05, 0) is 36.8 Å². The average molecular weight is 413 g/mol. The second kappa shape index (κ2) is 6.57. The van der Waals surface area contributed by atoms with Gasteiger partial charge in [0.25, 0.3) is 5.56 Å². The zero-order valence-corrected chi connectivity index (χ0v) is 16.6. The Kier molecular flexibility index (Phi) is 3.83. The Hall–Kier alpha value is -3.38. The fraction of sp³-hybridized carbons (Fsp3) is 0.125. The van der Waals surface area contributed by atoms with Gasteiger partial charge in [0.1, 0.15) is 0 Å². The number of pyridine rings is 3. The molecule has 6 rings (SSSR count). The summed E-state index contributed by atoms with van der Waals surface area (Å²) < 4.78 is 16.0. The zero-order chi connectivity index (χ0) is 20.2. The van der Waals surface area contributed by atoms with Crippen LogP contribution in [0.25, 0.3) is 32.1 Å². The topological polar surface area (TPSA) is 47.8 Å². The third kappa shape index (κ3) is 2.75. The van der Waals surface area contributed by atoms with Crippen LogP contribution in [0.5, 0.6) is 0 Å². The first-order valence-corrected chi connectivity index (χ1v) is 10.7. The van der Waals surface area contributed by atoms with E-state index < -0.39 is 5.95 Å². The number of hydrogen-bond donors (Lipinski definition) is 0. The van der Waals surface area contributed by atoms with Crippen LogP contribution < -0.4 is 5.56 Å². The molecule has 146 valence electrons. The van der Waals surface area contributed by atoms with E-state index in [9.17, 15) is 9.18 Å². The van der Waals surface area contributed by atoms with Gasteiger partial charge in [0.05, 0.1) is 10.9 Å². The summed E-state index contributed by atoms with van der Waals surface area (Å²) in [5.74, 6) is -0.293. The number of para-hydroxylation sites is 1. The fourth-order valence-corrected chi connectivity index (χ4v) is 5.12. The van der Waals surface area contributed by atoms with Gasteiger partial charge >= 0.3 is 0 Å². The summed E-state index contributed by atoms with van der Waals surface area (Å²) in [5.41, 5.74) is 3.55. The standard InChI is InChI=1S/C24H16FN3OS/c25-22-8-6-15(12-26-22)17-13-30-21-9-10-28(24(29)23(17)21)20-11-16(20)19-7-5-14-3-1-2-4-18(14)27-19/h1-10,12-13,16,20H,11H2. The van der Waals surface area contributed by atoms with Crippen molar-refractivity contribution in [1.82, 2.24) is 14.5 Å². The number of halogens is 1. The molecule has 0 radical (unpaired) electrons. The summed E-state index contributed by atoms with van der Waals surface area (Å²) in [5, 5.41) is 3.74. The van der Waals surface area contributed by atoms with Crippen LogP contribution in [0.4, 0.5) is 4.39 Å². The number of fused-ring (bicyclic) bond motifs is 2. The largest absolute Gasteiger partial charge is 0.311 e. The van der Waals surface area contributed by atoms with Gasteiger partial charge in [-0.15, -0.1) is 11.3 Å². The van der Waals surface area contributed by atoms with Gasteiger partial charge < -0.3 is 4.57 Å². The molecule has 0 amide bonds. The summed E-state index contributed by atoms with van der Waals surface area (Å²) in [4.78, 5) is 21.9. The molecule has 1 fully saturated rings. The average Bonchev–Trinajstić information content (AvgIpc) is 3.44. The molecule has 1 aliphatic rings. The molecule has 30 heavy (non-hydrogen) atoms. The maximum Gasteiger partial charge on any atom is 0.260 e. The number of thiophene rings is 1. The Bertz CT molecular complexity index is 1470. The van der Waals surface area contributed by atoms with Crippen LogP contribution in [-0.4, -0.2) is 14.5 Å². The first-order valence-electron chi connectivity index (χ1n) is 9.79. The van der Waals surface area contributed by atoms with E-state index >= 15 is 0 Å². The Morgan fingerprint density at radius 2 is 1.97 bits per heavy atom. The lowest BCUT2D eigenvalue weighted by Crippen LogP contribution is -2.18. The van der Waals surface area contributed by atoms with Crippen LogP contribution in [0.3, 0.4) is 0 Å². The van der Waals surface area contributed by atoms with E-state index in [0.29, 0.717) is 5.39 Å². The van der Waals surface area contributed by atoms with E-state index in [2.05, 4.69) is 23.2 Å². The lowest BCUT2D eigenvalue weighted by atomic mass is 10.1. The van der Waals surface area contributed by atoms with E-state index in [-0.39, 0.29) is 17.5 Å². The second-order valence-corrected chi connectivity index (χ2v) is 8.54. The molecular weight excluding hydrogens is 397 g/mol. The smallest absolute Gasteiger partial charge is 0.260 e. The molecule has 4 aromatic heterocycles. The summed E-state index contributed by atoms with van der Waals surface area (Å²) in [7, 11) is 0. The van der Waals surface area contributed by atoms with Crippen molar-refractivity contribution >= 4 is 32.3 Å². The van der Waals surface area contributed by atoms with Crippen molar-refractivity contribution in [1.29, 1.82) is 0 Å². The van der Waals surface area contributed by atoms with Crippen molar-refractivity contribution in [3.05, 3.63) is 94.4 Å². The van der Waals surface area contributed by atoms with Crippen LogP contribution in [0.2, 0.25) is 0 Å². The number of nitrogens with zero attached hydrogens (tertiary/aromatic N) is 3. The molecule has 2 atom stereocenters. The van der Waals surface area contributed by atoms with E-state index in [1.165, 1.54) is 23.6 Å². The van der Waals surface area contributed by atoms with E-state index in [4.69, 9.17) is 4.98 Å². The first kappa shape index (κ1) is 17.5. The molecule has 0 bridgehead atoms. The number of benzene rings is 1. The van der Waals surface area contributed by atoms with Gasteiger partial charge in [0.15, 0.2) is 0 Å². The highest BCUT2D eigenvalue weighted by molar-refractivity contribution is 7.17. The molecule has 1 aromatic carbocycles. The van der Waals surface area contributed by atoms with Gasteiger partial charge in [0.2, 0.25) is 5.95 Å². The molecule has 4 heterocycles. The molecule has 1 aliphatic carbocycles. The van der Waals surface area contributed by atoms with Gasteiger partial charge in [-0.3, -0.25) is 9.78 Å². The van der Waals surface area contributed by atoms with Crippen molar-refractivity contribution in [3.63, 3.8) is 0 Å². The maximum absolute atomic E-state index is 13.4. The van der Waals surface area contributed by atoms with Crippen LogP contribution in [0.15, 0.2) is 77.2 Å². The summed E-state index contributed by atoms with van der Waals surface area (Å²) in [6.45, 7) is 0. The van der Waals surface area contributed by atoms with Crippen LogP contribution >= 0.6 is 11.3 Å². The van der Waals surface area contributed by atoms with Crippen molar-refractivity contribution in [2.45, 2.75) is 18.4 Å². The third-order valence-corrected chi connectivity index (χ3v) is 6.75. The van der Waals surface area contributed by atoms with Crippen LogP contribution in [0, 0.1) is 5.95 Å². The number of rotatable bonds is 3. The highest BCUT2D eigenvalue weighted by Gasteiger charge is 2.41. The van der Waals surface area contributed by atoms with E-state index in [1.807, 2.05) is 40.4 Å². The molecular formula is C24H16FN3OS. The highest BCUT2D eigenvalue weighted by Crippen LogP contribution is 2.50. The van der Waals surface area contributed by atoms with Crippen molar-refractivity contribution in [2.24, 2.45) is 0 Å². The van der Waals surface area contributed by atoms with Crippen molar-refractivity contribution in [3.8, 4) is 11.1 Å². The molecule has 1 saturated carbocycles. The number of aromatic nitrogens is 3. The van der Waals surface area contributed by atoms with Crippen LogP contribution in [-0.2, 0) is 0 Å². The van der Waals surface area contributed by atoms with Crippen molar-refractivity contribution in [2.75, 3.05) is 0 Å².